The minimum Gasteiger partial charge on any atom is -0.381 e. The van der Waals surface area contributed by atoms with E-state index in [0.717, 1.165) is 12.1 Å². The summed E-state index contributed by atoms with van der Waals surface area (Å²) in [5, 5.41) is 12.9. The van der Waals surface area contributed by atoms with Crippen LogP contribution in [-0.2, 0) is 15.7 Å². The molecule has 0 saturated carbocycles. The maximum atomic E-state index is 12.7. The Balaban J connectivity index is 1.87. The number of carbonyl (C=O) groups excluding carboxylic acids is 1. The van der Waals surface area contributed by atoms with E-state index >= 15 is 0 Å². The molecule has 1 fully saturated rings. The molecule has 1 amide bonds. The molecule has 1 aliphatic rings. The van der Waals surface area contributed by atoms with Crippen LogP contribution in [0.15, 0.2) is 24.3 Å². The lowest BCUT2D eigenvalue weighted by Gasteiger charge is -2.30. The average Bonchev–Trinajstić information content (AvgIpc) is 2.54. The molecule has 134 valence electrons. The highest BCUT2D eigenvalue weighted by atomic mass is 19.4. The van der Waals surface area contributed by atoms with Crippen LogP contribution in [-0.4, -0.2) is 36.4 Å². The first kappa shape index (κ1) is 18.7. The largest absolute Gasteiger partial charge is 0.416 e. The van der Waals surface area contributed by atoms with Crippen molar-refractivity contribution < 1.29 is 27.8 Å². The van der Waals surface area contributed by atoms with Crippen molar-refractivity contribution in [2.75, 3.05) is 19.8 Å². The molecule has 0 radical (unpaired) electrons. The molecule has 0 spiro atoms. The zero-order valence-corrected chi connectivity index (χ0v) is 13.5. The zero-order valence-electron chi connectivity index (χ0n) is 13.5. The van der Waals surface area contributed by atoms with Gasteiger partial charge in [-0.05, 0) is 24.0 Å². The van der Waals surface area contributed by atoms with E-state index in [1.165, 1.54) is 6.07 Å². The molecule has 4 nitrogen and oxygen atoms in total. The number of alkyl halides is 3. The topological polar surface area (TPSA) is 58.6 Å². The molecule has 24 heavy (non-hydrogen) atoms. The van der Waals surface area contributed by atoms with Crippen molar-refractivity contribution >= 4 is 5.91 Å². The normalized spacial score (nSPS) is 18.9. The summed E-state index contributed by atoms with van der Waals surface area (Å²) in [6.45, 7) is 2.78. The molecule has 2 N–H and O–H groups in total. The molecule has 1 saturated heterocycles. The highest BCUT2D eigenvalue weighted by molar-refractivity contribution is 5.84. The Morgan fingerprint density at radius 3 is 2.67 bits per heavy atom. The van der Waals surface area contributed by atoms with Crippen molar-refractivity contribution in [2.24, 2.45) is 0 Å². The van der Waals surface area contributed by atoms with E-state index < -0.39 is 23.2 Å². The third kappa shape index (κ3) is 4.70. The number of rotatable bonds is 5. The van der Waals surface area contributed by atoms with Gasteiger partial charge in [0.15, 0.2) is 0 Å². The van der Waals surface area contributed by atoms with Crippen LogP contribution in [0.25, 0.3) is 0 Å². The number of halogens is 3. The second-order valence-corrected chi connectivity index (χ2v) is 6.21. The van der Waals surface area contributed by atoms with Gasteiger partial charge < -0.3 is 15.2 Å². The van der Waals surface area contributed by atoms with Crippen molar-refractivity contribution in [3.05, 3.63) is 35.4 Å². The van der Waals surface area contributed by atoms with Gasteiger partial charge in [0.25, 0.3) is 5.91 Å². The van der Waals surface area contributed by atoms with Crippen LogP contribution in [0.4, 0.5) is 13.2 Å². The van der Waals surface area contributed by atoms with Crippen LogP contribution < -0.4 is 5.32 Å². The maximum Gasteiger partial charge on any atom is 0.416 e. The Morgan fingerprint density at radius 1 is 1.38 bits per heavy atom. The SMILES string of the molecule is CC(CCNC(=O)C1(O)CCOCC1)c1cccc(C(F)(F)F)c1. The Labute approximate surface area is 139 Å². The second-order valence-electron chi connectivity index (χ2n) is 6.21. The van der Waals surface area contributed by atoms with Gasteiger partial charge >= 0.3 is 6.18 Å². The van der Waals surface area contributed by atoms with Gasteiger partial charge in [0, 0.05) is 32.6 Å². The molecule has 0 aromatic heterocycles. The Hall–Kier alpha value is -1.60. The maximum absolute atomic E-state index is 12.7. The highest BCUT2D eigenvalue weighted by Gasteiger charge is 2.37. The first-order chi connectivity index (χ1) is 11.2. The third-order valence-corrected chi connectivity index (χ3v) is 4.39. The summed E-state index contributed by atoms with van der Waals surface area (Å²) in [5.74, 6) is -0.584. The van der Waals surface area contributed by atoms with Crippen LogP contribution in [0.3, 0.4) is 0 Å². The van der Waals surface area contributed by atoms with Gasteiger partial charge in [0.2, 0.25) is 0 Å². The van der Waals surface area contributed by atoms with Crippen molar-refractivity contribution in [3.8, 4) is 0 Å². The van der Waals surface area contributed by atoms with Gasteiger partial charge in [-0.3, -0.25) is 4.79 Å². The van der Waals surface area contributed by atoms with Crippen LogP contribution >= 0.6 is 0 Å². The molecule has 0 bridgehead atoms. The van der Waals surface area contributed by atoms with E-state index in [4.69, 9.17) is 4.74 Å². The number of benzene rings is 1. The fourth-order valence-corrected chi connectivity index (χ4v) is 2.69. The number of hydrogen-bond donors (Lipinski definition) is 2. The highest BCUT2D eigenvalue weighted by Crippen LogP contribution is 2.31. The van der Waals surface area contributed by atoms with Crippen molar-refractivity contribution in [1.82, 2.24) is 5.32 Å². The summed E-state index contributed by atoms with van der Waals surface area (Å²) in [4.78, 5) is 12.1. The first-order valence-electron chi connectivity index (χ1n) is 7.98. The number of ether oxygens (including phenoxy) is 1. The second kappa shape index (κ2) is 7.53. The predicted octanol–water partition coefficient (Wildman–Crippen LogP) is 2.86. The van der Waals surface area contributed by atoms with Gasteiger partial charge in [-0.1, -0.05) is 25.1 Å². The molecule has 0 aliphatic carbocycles. The molecular formula is C17H22F3NO3. The lowest BCUT2D eigenvalue weighted by molar-refractivity contribution is -0.149. The van der Waals surface area contributed by atoms with Crippen LogP contribution in [0.5, 0.6) is 0 Å². The summed E-state index contributed by atoms with van der Waals surface area (Å²) >= 11 is 0. The van der Waals surface area contributed by atoms with Gasteiger partial charge in [-0.25, -0.2) is 0 Å². The lowest BCUT2D eigenvalue weighted by Crippen LogP contribution is -2.50. The Kier molecular flexibility index (Phi) is 5.87. The number of carbonyl (C=O) groups is 1. The number of hydrogen-bond acceptors (Lipinski definition) is 3. The molecule has 2 rings (SSSR count). The number of aliphatic hydroxyl groups is 1. The smallest absolute Gasteiger partial charge is 0.381 e. The third-order valence-electron chi connectivity index (χ3n) is 4.39. The molecule has 1 atom stereocenters. The molecule has 1 aromatic rings. The van der Waals surface area contributed by atoms with E-state index in [1.54, 1.807) is 6.07 Å². The summed E-state index contributed by atoms with van der Waals surface area (Å²) in [7, 11) is 0. The zero-order chi connectivity index (χ0) is 17.8. The van der Waals surface area contributed by atoms with Crippen LogP contribution in [0.1, 0.15) is 43.2 Å². The number of amides is 1. The van der Waals surface area contributed by atoms with Gasteiger partial charge in [0.05, 0.1) is 5.56 Å². The summed E-state index contributed by atoms with van der Waals surface area (Å²) in [5.41, 5.74) is -1.51. The van der Waals surface area contributed by atoms with Crippen molar-refractivity contribution in [2.45, 2.75) is 43.9 Å². The van der Waals surface area contributed by atoms with E-state index in [0.29, 0.717) is 31.7 Å². The first-order valence-corrected chi connectivity index (χ1v) is 7.98. The van der Waals surface area contributed by atoms with E-state index in [1.807, 2.05) is 6.92 Å². The standard InChI is InChI=1S/C17H22F3NO3/c1-12(13-3-2-4-14(11-13)17(18,19)20)5-8-21-15(22)16(23)6-9-24-10-7-16/h2-4,11-12,23H,5-10H2,1H3,(H,21,22). The molecular weight excluding hydrogens is 323 g/mol. The van der Waals surface area contributed by atoms with Gasteiger partial charge in [-0.2, -0.15) is 13.2 Å². The molecule has 1 unspecified atom stereocenters. The molecule has 7 heteroatoms. The Bertz CT molecular complexity index is 568. The summed E-state index contributed by atoms with van der Waals surface area (Å²) in [6, 6.07) is 5.21. The molecule has 1 aliphatic heterocycles. The lowest BCUT2D eigenvalue weighted by atomic mass is 9.93. The monoisotopic (exact) mass is 345 g/mol. The number of nitrogens with one attached hydrogen (secondary N) is 1. The molecule has 1 heterocycles. The van der Waals surface area contributed by atoms with Crippen molar-refractivity contribution in [1.29, 1.82) is 0 Å². The fourth-order valence-electron chi connectivity index (χ4n) is 2.69. The van der Waals surface area contributed by atoms with Crippen LogP contribution in [0.2, 0.25) is 0 Å². The van der Waals surface area contributed by atoms with Gasteiger partial charge in [0.1, 0.15) is 5.60 Å². The predicted molar refractivity (Wildman–Crippen MR) is 82.5 cm³/mol. The molecule has 1 aromatic carbocycles. The Morgan fingerprint density at radius 2 is 2.04 bits per heavy atom. The quantitative estimate of drug-likeness (QED) is 0.863. The minimum atomic E-state index is -4.36. The van der Waals surface area contributed by atoms with Crippen molar-refractivity contribution in [3.63, 3.8) is 0 Å². The van der Waals surface area contributed by atoms with E-state index in [9.17, 15) is 23.1 Å². The summed E-state index contributed by atoms with van der Waals surface area (Å²) in [6.07, 6.45) is -3.38. The van der Waals surface area contributed by atoms with E-state index in [-0.39, 0.29) is 18.8 Å². The van der Waals surface area contributed by atoms with Crippen LogP contribution in [0, 0.1) is 0 Å². The average molecular weight is 345 g/mol. The minimum absolute atomic E-state index is 0.142. The summed E-state index contributed by atoms with van der Waals surface area (Å²) < 4.78 is 43.3. The van der Waals surface area contributed by atoms with E-state index in [2.05, 4.69) is 5.32 Å². The fraction of sp³-hybridized carbons (Fsp3) is 0.588. The van der Waals surface area contributed by atoms with Gasteiger partial charge in [-0.15, -0.1) is 0 Å².